The second kappa shape index (κ2) is 3.66. The Labute approximate surface area is 88.9 Å². The van der Waals surface area contributed by atoms with Crippen molar-refractivity contribution in [3.63, 3.8) is 0 Å². The summed E-state index contributed by atoms with van der Waals surface area (Å²) in [6, 6.07) is 4.82. The molecule has 0 spiro atoms. The fourth-order valence-electron chi connectivity index (χ4n) is 2.28. The van der Waals surface area contributed by atoms with E-state index in [4.69, 9.17) is 0 Å². The van der Waals surface area contributed by atoms with Crippen molar-refractivity contribution in [2.75, 3.05) is 6.54 Å². The molecule has 1 atom stereocenters. The van der Waals surface area contributed by atoms with E-state index in [2.05, 4.69) is 27.4 Å². The van der Waals surface area contributed by atoms with E-state index in [0.717, 1.165) is 12.2 Å². The lowest BCUT2D eigenvalue weighted by Gasteiger charge is -2.23. The Kier molecular flexibility index (Phi) is 2.18. The zero-order chi connectivity index (χ0) is 10.1. The van der Waals surface area contributed by atoms with Crippen LogP contribution in [-0.2, 0) is 0 Å². The minimum atomic E-state index is 0.505. The predicted molar refractivity (Wildman–Crippen MR) is 60.7 cm³/mol. The number of fused-ring (bicyclic) bond motifs is 1. The first-order valence-corrected chi connectivity index (χ1v) is 5.60. The van der Waals surface area contributed by atoms with Gasteiger partial charge in [-0.25, -0.2) is 4.98 Å². The molecule has 1 aliphatic heterocycles. The van der Waals surface area contributed by atoms with Crippen LogP contribution in [-0.4, -0.2) is 16.5 Å². The molecule has 1 aliphatic rings. The lowest BCUT2D eigenvalue weighted by atomic mass is 9.98. The highest BCUT2D eigenvalue weighted by molar-refractivity contribution is 5.75. The first-order valence-electron chi connectivity index (χ1n) is 5.60. The molecule has 3 rings (SSSR count). The molecule has 0 aromatic carbocycles. The van der Waals surface area contributed by atoms with Crippen LogP contribution in [0, 0.1) is 0 Å². The Morgan fingerprint density at radius 3 is 3.20 bits per heavy atom. The van der Waals surface area contributed by atoms with Crippen LogP contribution in [0.4, 0.5) is 0 Å². The van der Waals surface area contributed by atoms with Crippen molar-refractivity contribution >= 4 is 11.0 Å². The molecule has 0 unspecified atom stereocenters. The number of H-pyrrole nitrogens is 1. The summed E-state index contributed by atoms with van der Waals surface area (Å²) in [6.07, 6.45) is 7.79. The predicted octanol–water partition coefficient (Wildman–Crippen LogP) is 2.38. The SMILES string of the molecule is c1cc2cc([C@@H]3CCCCN3)cnc2[nH]1. The number of pyridine rings is 1. The number of rotatable bonds is 1. The Morgan fingerprint density at radius 2 is 2.33 bits per heavy atom. The molecule has 15 heavy (non-hydrogen) atoms. The Balaban J connectivity index is 1.95. The zero-order valence-electron chi connectivity index (χ0n) is 8.66. The van der Waals surface area contributed by atoms with E-state index >= 15 is 0 Å². The fraction of sp³-hybridized carbons (Fsp3) is 0.417. The van der Waals surface area contributed by atoms with E-state index < -0.39 is 0 Å². The van der Waals surface area contributed by atoms with E-state index in [1.165, 1.54) is 30.2 Å². The first-order chi connectivity index (χ1) is 7.43. The average Bonchev–Trinajstić information content (AvgIpc) is 2.77. The van der Waals surface area contributed by atoms with Gasteiger partial charge in [0.15, 0.2) is 0 Å². The van der Waals surface area contributed by atoms with Crippen LogP contribution in [0.3, 0.4) is 0 Å². The summed E-state index contributed by atoms with van der Waals surface area (Å²) in [4.78, 5) is 7.54. The zero-order valence-corrected chi connectivity index (χ0v) is 8.66. The lowest BCUT2D eigenvalue weighted by Crippen LogP contribution is -2.26. The maximum absolute atomic E-state index is 4.42. The van der Waals surface area contributed by atoms with Crippen LogP contribution < -0.4 is 5.32 Å². The summed E-state index contributed by atoms with van der Waals surface area (Å²) in [5.41, 5.74) is 2.30. The summed E-state index contributed by atoms with van der Waals surface area (Å²) in [5.74, 6) is 0. The molecular weight excluding hydrogens is 186 g/mol. The van der Waals surface area contributed by atoms with Crippen LogP contribution in [0.15, 0.2) is 24.5 Å². The molecule has 0 radical (unpaired) electrons. The van der Waals surface area contributed by atoms with Gasteiger partial charge in [0.25, 0.3) is 0 Å². The third-order valence-electron chi connectivity index (χ3n) is 3.13. The molecule has 3 heteroatoms. The van der Waals surface area contributed by atoms with Crippen LogP contribution >= 0.6 is 0 Å². The van der Waals surface area contributed by atoms with E-state index in [1.807, 2.05) is 12.4 Å². The molecule has 0 bridgehead atoms. The van der Waals surface area contributed by atoms with Gasteiger partial charge in [-0.1, -0.05) is 6.42 Å². The normalized spacial score (nSPS) is 22.0. The van der Waals surface area contributed by atoms with Gasteiger partial charge < -0.3 is 10.3 Å². The van der Waals surface area contributed by atoms with E-state index in [1.54, 1.807) is 0 Å². The molecule has 0 amide bonds. The highest BCUT2D eigenvalue weighted by Crippen LogP contribution is 2.24. The van der Waals surface area contributed by atoms with Gasteiger partial charge in [-0.15, -0.1) is 0 Å². The topological polar surface area (TPSA) is 40.7 Å². The molecule has 1 saturated heterocycles. The number of hydrogen-bond donors (Lipinski definition) is 2. The van der Waals surface area contributed by atoms with E-state index in [-0.39, 0.29) is 0 Å². The van der Waals surface area contributed by atoms with Gasteiger partial charge in [0.1, 0.15) is 5.65 Å². The van der Waals surface area contributed by atoms with Crippen LogP contribution in [0.2, 0.25) is 0 Å². The molecule has 0 saturated carbocycles. The van der Waals surface area contributed by atoms with Crippen LogP contribution in [0.25, 0.3) is 11.0 Å². The van der Waals surface area contributed by atoms with E-state index in [0.29, 0.717) is 6.04 Å². The molecule has 1 fully saturated rings. The van der Waals surface area contributed by atoms with Crippen molar-refractivity contribution in [3.05, 3.63) is 30.1 Å². The summed E-state index contributed by atoms with van der Waals surface area (Å²) < 4.78 is 0. The second-order valence-electron chi connectivity index (χ2n) is 4.19. The molecule has 78 valence electrons. The molecule has 0 aliphatic carbocycles. The number of nitrogens with one attached hydrogen (secondary N) is 2. The Hall–Kier alpha value is -1.35. The standard InChI is InChI=1S/C12H15N3/c1-2-5-13-11(3-1)10-7-9-4-6-14-12(9)15-8-10/h4,6-8,11,13H,1-3,5H2,(H,14,15)/t11-/m0/s1. The van der Waals surface area contributed by atoms with E-state index in [9.17, 15) is 0 Å². The largest absolute Gasteiger partial charge is 0.346 e. The number of nitrogens with zero attached hydrogens (tertiary/aromatic N) is 1. The second-order valence-corrected chi connectivity index (χ2v) is 4.19. The Morgan fingerprint density at radius 1 is 1.33 bits per heavy atom. The molecule has 3 nitrogen and oxygen atoms in total. The molecule has 2 aromatic rings. The third kappa shape index (κ3) is 1.63. The van der Waals surface area contributed by atoms with Gasteiger partial charge >= 0.3 is 0 Å². The number of piperidine rings is 1. The quantitative estimate of drug-likeness (QED) is 0.743. The number of hydrogen-bond acceptors (Lipinski definition) is 2. The van der Waals surface area contributed by atoms with Crippen molar-refractivity contribution in [2.45, 2.75) is 25.3 Å². The molecule has 2 aromatic heterocycles. The summed E-state index contributed by atoms with van der Waals surface area (Å²) in [7, 11) is 0. The van der Waals surface area contributed by atoms with Gasteiger partial charge in [-0.3, -0.25) is 0 Å². The lowest BCUT2D eigenvalue weighted by molar-refractivity contribution is 0.412. The first kappa shape index (κ1) is 8.92. The number of aromatic amines is 1. The highest BCUT2D eigenvalue weighted by Gasteiger charge is 2.15. The van der Waals surface area contributed by atoms with Crippen molar-refractivity contribution in [2.24, 2.45) is 0 Å². The molecule has 3 heterocycles. The minimum Gasteiger partial charge on any atom is -0.346 e. The van der Waals surface area contributed by atoms with Crippen molar-refractivity contribution in [3.8, 4) is 0 Å². The van der Waals surface area contributed by atoms with Gasteiger partial charge in [-0.2, -0.15) is 0 Å². The maximum Gasteiger partial charge on any atom is 0.137 e. The minimum absolute atomic E-state index is 0.505. The highest BCUT2D eigenvalue weighted by atomic mass is 14.9. The average molecular weight is 201 g/mol. The van der Waals surface area contributed by atoms with Gasteiger partial charge in [0.2, 0.25) is 0 Å². The smallest absolute Gasteiger partial charge is 0.137 e. The fourth-order valence-corrected chi connectivity index (χ4v) is 2.28. The summed E-state index contributed by atoms with van der Waals surface area (Å²) in [5, 5.41) is 4.75. The number of aromatic nitrogens is 2. The summed E-state index contributed by atoms with van der Waals surface area (Å²) >= 11 is 0. The summed E-state index contributed by atoms with van der Waals surface area (Å²) in [6.45, 7) is 1.13. The van der Waals surface area contributed by atoms with Crippen LogP contribution in [0.1, 0.15) is 30.9 Å². The third-order valence-corrected chi connectivity index (χ3v) is 3.13. The molecule has 2 N–H and O–H groups in total. The monoisotopic (exact) mass is 201 g/mol. The maximum atomic E-state index is 4.42. The van der Waals surface area contributed by atoms with Gasteiger partial charge in [0, 0.05) is 23.8 Å². The van der Waals surface area contributed by atoms with Crippen LogP contribution in [0.5, 0.6) is 0 Å². The van der Waals surface area contributed by atoms with Gasteiger partial charge in [0.05, 0.1) is 0 Å². The molecular formula is C12H15N3. The van der Waals surface area contributed by atoms with Crippen molar-refractivity contribution in [1.82, 2.24) is 15.3 Å². The van der Waals surface area contributed by atoms with Crippen molar-refractivity contribution < 1.29 is 0 Å². The van der Waals surface area contributed by atoms with Crippen molar-refractivity contribution in [1.29, 1.82) is 0 Å². The van der Waals surface area contributed by atoms with Gasteiger partial charge in [-0.05, 0) is 37.1 Å². The Bertz CT molecular complexity index is 455.